The number of anilines is 1. The Morgan fingerprint density at radius 1 is 0.880 bits per heavy atom. The predicted molar refractivity (Wildman–Crippen MR) is 91.1 cm³/mol. The summed E-state index contributed by atoms with van der Waals surface area (Å²) in [6, 6.07) is 6.52. The Kier molecular flexibility index (Phi) is 5.19. The Morgan fingerprint density at radius 3 is 2.04 bits per heavy atom. The molecule has 0 saturated carbocycles. The lowest BCUT2D eigenvalue weighted by Crippen LogP contribution is -2.12. The van der Waals surface area contributed by atoms with Crippen LogP contribution < -0.4 is 5.32 Å². The molecule has 0 heterocycles. The molecule has 1 atom stereocenters. The molecule has 0 amide bonds. The van der Waals surface area contributed by atoms with Gasteiger partial charge in [0.25, 0.3) is 0 Å². The molecule has 0 fully saturated rings. The van der Waals surface area contributed by atoms with Gasteiger partial charge in [-0.1, -0.05) is 6.07 Å². The van der Waals surface area contributed by atoms with Crippen molar-refractivity contribution in [2.75, 3.05) is 17.8 Å². The Morgan fingerprint density at radius 2 is 1.52 bits per heavy atom. The molecule has 136 valence electrons. The zero-order valence-electron chi connectivity index (χ0n) is 13.7. The van der Waals surface area contributed by atoms with Crippen molar-refractivity contribution in [1.82, 2.24) is 0 Å². The maximum absolute atomic E-state index is 13.4. The second-order valence-corrected chi connectivity index (χ2v) is 9.74. The monoisotopic (exact) mass is 389 g/mol. The van der Waals surface area contributed by atoms with E-state index in [0.717, 1.165) is 30.7 Å². The molecular formula is C16H17F2NO4S2. The third-order valence-electron chi connectivity index (χ3n) is 3.60. The van der Waals surface area contributed by atoms with E-state index < -0.39 is 37.4 Å². The van der Waals surface area contributed by atoms with E-state index in [1.54, 1.807) is 6.92 Å². The molecule has 0 aromatic heterocycles. The average Bonchev–Trinajstić information content (AvgIpc) is 2.48. The fraction of sp³-hybridized carbons (Fsp3) is 0.250. The maximum atomic E-state index is 13.4. The number of nitrogens with one attached hydrogen (secondary N) is 1. The molecule has 0 aliphatic heterocycles. The van der Waals surface area contributed by atoms with E-state index in [4.69, 9.17) is 0 Å². The quantitative estimate of drug-likeness (QED) is 0.850. The zero-order chi connectivity index (χ0) is 19.0. The van der Waals surface area contributed by atoms with Crippen molar-refractivity contribution >= 4 is 25.4 Å². The van der Waals surface area contributed by atoms with Crippen LogP contribution in [0.4, 0.5) is 14.5 Å². The molecule has 0 spiro atoms. The van der Waals surface area contributed by atoms with Gasteiger partial charge >= 0.3 is 0 Å². The van der Waals surface area contributed by atoms with E-state index in [1.165, 1.54) is 18.2 Å². The van der Waals surface area contributed by atoms with E-state index in [0.29, 0.717) is 5.56 Å². The maximum Gasteiger partial charge on any atom is 0.177 e. The molecule has 25 heavy (non-hydrogen) atoms. The lowest BCUT2D eigenvalue weighted by atomic mass is 10.1. The summed E-state index contributed by atoms with van der Waals surface area (Å²) >= 11 is 0. The van der Waals surface area contributed by atoms with Crippen molar-refractivity contribution in [3.05, 3.63) is 53.6 Å². The highest BCUT2D eigenvalue weighted by atomic mass is 32.2. The molecule has 0 aliphatic carbocycles. The van der Waals surface area contributed by atoms with Crippen LogP contribution in [-0.2, 0) is 19.7 Å². The Balaban J connectivity index is 2.46. The van der Waals surface area contributed by atoms with E-state index in [9.17, 15) is 25.6 Å². The van der Waals surface area contributed by atoms with Crippen LogP contribution in [0.15, 0.2) is 46.2 Å². The van der Waals surface area contributed by atoms with Gasteiger partial charge in [0, 0.05) is 18.6 Å². The van der Waals surface area contributed by atoms with Crippen LogP contribution in [0.3, 0.4) is 0 Å². The molecule has 0 bridgehead atoms. The van der Waals surface area contributed by atoms with Gasteiger partial charge in [-0.3, -0.25) is 0 Å². The van der Waals surface area contributed by atoms with E-state index in [2.05, 4.69) is 5.32 Å². The van der Waals surface area contributed by atoms with Crippen molar-refractivity contribution in [3.8, 4) is 0 Å². The molecular weight excluding hydrogens is 372 g/mol. The third-order valence-corrected chi connectivity index (χ3v) is 5.84. The molecule has 2 aromatic rings. The summed E-state index contributed by atoms with van der Waals surface area (Å²) in [5.74, 6) is -1.99. The first-order valence-corrected chi connectivity index (χ1v) is 10.9. The fourth-order valence-electron chi connectivity index (χ4n) is 2.26. The van der Waals surface area contributed by atoms with Crippen LogP contribution in [0.1, 0.15) is 18.5 Å². The lowest BCUT2D eigenvalue weighted by Gasteiger charge is -2.18. The van der Waals surface area contributed by atoms with Gasteiger partial charge in [-0.25, -0.2) is 25.6 Å². The average molecular weight is 389 g/mol. The molecule has 0 aliphatic rings. The third kappa shape index (κ3) is 4.55. The summed E-state index contributed by atoms with van der Waals surface area (Å²) in [7, 11) is -7.30. The van der Waals surface area contributed by atoms with Gasteiger partial charge in [-0.15, -0.1) is 0 Å². The Labute approximate surface area is 145 Å². The van der Waals surface area contributed by atoms with E-state index in [-0.39, 0.29) is 15.5 Å². The van der Waals surface area contributed by atoms with Crippen LogP contribution >= 0.6 is 0 Å². The minimum absolute atomic E-state index is 0.126. The number of rotatable bonds is 5. The Bertz CT molecular complexity index is 1020. The highest BCUT2D eigenvalue weighted by Gasteiger charge is 2.19. The fourth-order valence-corrected chi connectivity index (χ4v) is 3.85. The van der Waals surface area contributed by atoms with Crippen LogP contribution in [0.25, 0.3) is 0 Å². The van der Waals surface area contributed by atoms with Gasteiger partial charge in [0.15, 0.2) is 31.3 Å². The summed E-state index contributed by atoms with van der Waals surface area (Å²) < 4.78 is 73.7. The number of halogens is 2. The highest BCUT2D eigenvalue weighted by Crippen LogP contribution is 2.29. The summed E-state index contributed by atoms with van der Waals surface area (Å²) in [6.07, 6.45) is 1.94. The lowest BCUT2D eigenvalue weighted by molar-refractivity contribution is 0.506. The molecule has 5 nitrogen and oxygen atoms in total. The number of benzene rings is 2. The van der Waals surface area contributed by atoms with Crippen LogP contribution in [-0.4, -0.2) is 29.3 Å². The molecule has 2 rings (SSSR count). The van der Waals surface area contributed by atoms with Crippen LogP contribution in [0.5, 0.6) is 0 Å². The van der Waals surface area contributed by atoms with Crippen LogP contribution in [0, 0.1) is 11.6 Å². The number of hydrogen-bond donors (Lipinski definition) is 1. The molecule has 0 radical (unpaired) electrons. The van der Waals surface area contributed by atoms with Gasteiger partial charge in [0.05, 0.1) is 15.5 Å². The highest BCUT2D eigenvalue weighted by molar-refractivity contribution is 7.91. The number of hydrogen-bond acceptors (Lipinski definition) is 5. The molecule has 1 unspecified atom stereocenters. The van der Waals surface area contributed by atoms with Gasteiger partial charge in [0.1, 0.15) is 0 Å². The summed E-state index contributed by atoms with van der Waals surface area (Å²) in [4.78, 5) is -0.316. The van der Waals surface area contributed by atoms with E-state index in [1.807, 2.05) is 0 Å². The Hall–Kier alpha value is -2.00. The van der Waals surface area contributed by atoms with E-state index >= 15 is 0 Å². The van der Waals surface area contributed by atoms with Gasteiger partial charge in [-0.2, -0.15) is 0 Å². The smallest absolute Gasteiger partial charge is 0.177 e. The standard InChI is InChI=1S/C16H17F2NO4S2/c1-10(11-4-6-13(17)14(18)8-11)19-15-7-5-12(24(2,20)21)9-16(15)25(3,22)23/h4-10,19H,1-3H3. The van der Waals surface area contributed by atoms with Crippen molar-refractivity contribution in [2.45, 2.75) is 22.8 Å². The summed E-state index contributed by atoms with van der Waals surface area (Å²) in [6.45, 7) is 1.64. The second kappa shape index (κ2) is 6.72. The first-order valence-electron chi connectivity index (χ1n) is 7.15. The van der Waals surface area contributed by atoms with Crippen molar-refractivity contribution < 1.29 is 25.6 Å². The number of sulfone groups is 2. The SMILES string of the molecule is CC(Nc1ccc(S(C)(=O)=O)cc1S(C)(=O)=O)c1ccc(F)c(F)c1. The van der Waals surface area contributed by atoms with Gasteiger partial charge < -0.3 is 5.32 Å². The molecule has 9 heteroatoms. The van der Waals surface area contributed by atoms with Crippen molar-refractivity contribution in [1.29, 1.82) is 0 Å². The minimum Gasteiger partial charge on any atom is -0.377 e. The first-order chi connectivity index (χ1) is 11.4. The summed E-state index contributed by atoms with van der Waals surface area (Å²) in [5.41, 5.74) is 0.581. The molecule has 0 saturated heterocycles. The zero-order valence-corrected chi connectivity index (χ0v) is 15.4. The second-order valence-electron chi connectivity index (χ2n) is 5.74. The first kappa shape index (κ1) is 19.3. The predicted octanol–water partition coefficient (Wildman–Crippen LogP) is 2.94. The molecule has 1 N–H and O–H groups in total. The topological polar surface area (TPSA) is 80.3 Å². The van der Waals surface area contributed by atoms with Crippen LogP contribution in [0.2, 0.25) is 0 Å². The molecule has 2 aromatic carbocycles. The minimum atomic E-state index is -3.72. The normalized spacial score (nSPS) is 13.5. The van der Waals surface area contributed by atoms with Gasteiger partial charge in [0.2, 0.25) is 0 Å². The largest absolute Gasteiger partial charge is 0.377 e. The summed E-state index contributed by atoms with van der Waals surface area (Å²) in [5, 5.41) is 2.90. The van der Waals surface area contributed by atoms with Crippen molar-refractivity contribution in [3.63, 3.8) is 0 Å². The van der Waals surface area contributed by atoms with Gasteiger partial charge in [-0.05, 0) is 42.8 Å². The van der Waals surface area contributed by atoms with Crippen molar-refractivity contribution in [2.24, 2.45) is 0 Å².